The number of pyridine rings is 1. The van der Waals surface area contributed by atoms with E-state index in [2.05, 4.69) is 4.98 Å². The summed E-state index contributed by atoms with van der Waals surface area (Å²) in [6.45, 7) is 1.76. The van der Waals surface area contributed by atoms with Crippen molar-refractivity contribution in [2.45, 2.75) is 31.5 Å². The summed E-state index contributed by atoms with van der Waals surface area (Å²) >= 11 is 0. The van der Waals surface area contributed by atoms with Crippen LogP contribution in [0.4, 0.5) is 4.39 Å². The quantitative estimate of drug-likeness (QED) is 0.653. The van der Waals surface area contributed by atoms with Crippen LogP contribution < -0.4 is 0 Å². The summed E-state index contributed by atoms with van der Waals surface area (Å²) in [5.41, 5.74) is -0.497. The molecule has 14 heavy (non-hydrogen) atoms. The zero-order chi connectivity index (χ0) is 10.3. The van der Waals surface area contributed by atoms with E-state index in [1.54, 1.807) is 13.0 Å². The van der Waals surface area contributed by atoms with Crippen molar-refractivity contribution in [2.75, 3.05) is 0 Å². The van der Waals surface area contributed by atoms with Crippen molar-refractivity contribution in [3.05, 3.63) is 29.3 Å². The molecule has 2 rings (SSSR count). The van der Waals surface area contributed by atoms with Gasteiger partial charge in [0, 0.05) is 18.2 Å². The average Bonchev–Trinajstić information content (AvgIpc) is 2.43. The van der Waals surface area contributed by atoms with Gasteiger partial charge in [-0.3, -0.25) is 0 Å². The van der Waals surface area contributed by atoms with Gasteiger partial charge in [0.1, 0.15) is 5.60 Å². The third-order valence-electron chi connectivity index (χ3n) is 2.96. The molecular formula is C10H12FNO2. The molecule has 1 aromatic heterocycles. The monoisotopic (exact) mass is 197 g/mol. The fourth-order valence-electron chi connectivity index (χ4n) is 2.03. The number of hydrogen-bond acceptors (Lipinski definition) is 3. The lowest BCUT2D eigenvalue weighted by molar-refractivity contribution is -0.0699. The summed E-state index contributed by atoms with van der Waals surface area (Å²) in [6, 6.07) is 1.57. The van der Waals surface area contributed by atoms with E-state index in [9.17, 15) is 14.6 Å². The molecule has 0 bridgehead atoms. The zero-order valence-corrected chi connectivity index (χ0v) is 7.87. The molecule has 1 aliphatic rings. The maximum atomic E-state index is 13.2. The van der Waals surface area contributed by atoms with Crippen LogP contribution in [0.1, 0.15) is 24.5 Å². The SMILES string of the molecule is CCC1(O)c2ccnc(F)c2CC1O. The third-order valence-corrected chi connectivity index (χ3v) is 2.96. The van der Waals surface area contributed by atoms with Gasteiger partial charge in [-0.25, -0.2) is 4.98 Å². The maximum absolute atomic E-state index is 13.2. The lowest BCUT2D eigenvalue weighted by Gasteiger charge is -2.25. The second-order valence-corrected chi connectivity index (χ2v) is 3.63. The first-order valence-electron chi connectivity index (χ1n) is 4.64. The van der Waals surface area contributed by atoms with Crippen molar-refractivity contribution in [1.29, 1.82) is 0 Å². The molecule has 0 saturated heterocycles. The Labute approximate surface area is 81.2 Å². The van der Waals surface area contributed by atoms with Gasteiger partial charge in [-0.2, -0.15) is 4.39 Å². The van der Waals surface area contributed by atoms with E-state index in [1.165, 1.54) is 6.20 Å². The molecule has 1 aromatic rings. The highest BCUT2D eigenvalue weighted by atomic mass is 19.1. The molecule has 4 heteroatoms. The molecular weight excluding hydrogens is 185 g/mol. The van der Waals surface area contributed by atoms with Crippen LogP contribution in [0.5, 0.6) is 0 Å². The minimum Gasteiger partial charge on any atom is -0.389 e. The van der Waals surface area contributed by atoms with Gasteiger partial charge in [0.25, 0.3) is 0 Å². The third kappa shape index (κ3) is 1.07. The van der Waals surface area contributed by atoms with Crippen molar-refractivity contribution in [3.8, 4) is 0 Å². The largest absolute Gasteiger partial charge is 0.389 e. The lowest BCUT2D eigenvalue weighted by Crippen LogP contribution is -2.34. The first kappa shape index (κ1) is 9.55. The van der Waals surface area contributed by atoms with Gasteiger partial charge < -0.3 is 10.2 Å². The number of nitrogens with zero attached hydrogens (tertiary/aromatic N) is 1. The Balaban J connectivity index is 2.58. The van der Waals surface area contributed by atoms with E-state index < -0.39 is 17.7 Å². The predicted molar refractivity (Wildman–Crippen MR) is 48.1 cm³/mol. The molecule has 2 unspecified atom stereocenters. The second-order valence-electron chi connectivity index (χ2n) is 3.63. The van der Waals surface area contributed by atoms with E-state index >= 15 is 0 Å². The zero-order valence-electron chi connectivity index (χ0n) is 7.87. The summed E-state index contributed by atoms with van der Waals surface area (Å²) in [5.74, 6) is -0.592. The van der Waals surface area contributed by atoms with Gasteiger partial charge in [-0.05, 0) is 18.1 Å². The predicted octanol–water partition coefficient (Wildman–Crippen LogP) is 0.735. The van der Waals surface area contributed by atoms with E-state index in [4.69, 9.17) is 0 Å². The Bertz CT molecular complexity index is 369. The molecule has 0 spiro atoms. The standard InChI is InChI=1S/C10H12FNO2/c1-2-10(14)7-3-4-12-9(11)6(7)5-8(10)13/h3-4,8,13-14H,2,5H2,1H3. The van der Waals surface area contributed by atoms with Gasteiger partial charge in [0.05, 0.1) is 6.10 Å². The molecule has 0 aliphatic heterocycles. The number of halogens is 1. The Morgan fingerprint density at radius 1 is 1.71 bits per heavy atom. The number of hydrogen-bond donors (Lipinski definition) is 2. The summed E-state index contributed by atoms with van der Waals surface area (Å²) in [4.78, 5) is 3.50. The summed E-state index contributed by atoms with van der Waals surface area (Å²) in [7, 11) is 0. The molecule has 0 saturated carbocycles. The van der Waals surface area contributed by atoms with Crippen LogP contribution in [0.2, 0.25) is 0 Å². The van der Waals surface area contributed by atoms with E-state index in [0.29, 0.717) is 17.5 Å². The van der Waals surface area contributed by atoms with Gasteiger partial charge in [-0.1, -0.05) is 6.92 Å². The Hall–Kier alpha value is -1.00. The molecule has 0 aromatic carbocycles. The molecule has 1 aliphatic carbocycles. The molecule has 0 fully saturated rings. The number of aliphatic hydroxyl groups excluding tert-OH is 1. The van der Waals surface area contributed by atoms with Gasteiger partial charge in [-0.15, -0.1) is 0 Å². The van der Waals surface area contributed by atoms with E-state index in [0.717, 1.165) is 0 Å². The lowest BCUT2D eigenvalue weighted by atomic mass is 9.92. The topological polar surface area (TPSA) is 53.4 Å². The highest BCUT2D eigenvalue weighted by Crippen LogP contribution is 2.39. The molecule has 3 nitrogen and oxygen atoms in total. The number of rotatable bonds is 1. The van der Waals surface area contributed by atoms with Crippen LogP contribution >= 0.6 is 0 Å². The minimum atomic E-state index is -1.31. The first-order chi connectivity index (χ1) is 6.59. The highest BCUT2D eigenvalue weighted by molar-refractivity contribution is 5.37. The summed E-state index contributed by atoms with van der Waals surface area (Å²) in [6.07, 6.45) is 0.887. The maximum Gasteiger partial charge on any atom is 0.216 e. The van der Waals surface area contributed by atoms with Crippen LogP contribution in [-0.2, 0) is 12.0 Å². The Kier molecular flexibility index (Phi) is 2.05. The van der Waals surface area contributed by atoms with E-state index in [1.807, 2.05) is 0 Å². The Morgan fingerprint density at radius 2 is 2.43 bits per heavy atom. The fraction of sp³-hybridized carbons (Fsp3) is 0.500. The molecule has 2 N–H and O–H groups in total. The average molecular weight is 197 g/mol. The number of aromatic nitrogens is 1. The van der Waals surface area contributed by atoms with Crippen molar-refractivity contribution < 1.29 is 14.6 Å². The molecule has 0 radical (unpaired) electrons. The van der Waals surface area contributed by atoms with Gasteiger partial charge >= 0.3 is 0 Å². The summed E-state index contributed by atoms with van der Waals surface area (Å²) in [5, 5.41) is 19.8. The molecule has 0 amide bonds. The highest BCUT2D eigenvalue weighted by Gasteiger charge is 2.44. The fourth-order valence-corrected chi connectivity index (χ4v) is 2.03. The van der Waals surface area contributed by atoms with Crippen LogP contribution in [0.15, 0.2) is 12.3 Å². The van der Waals surface area contributed by atoms with Crippen LogP contribution in [-0.4, -0.2) is 21.3 Å². The van der Waals surface area contributed by atoms with Crippen molar-refractivity contribution in [1.82, 2.24) is 4.98 Å². The second kappa shape index (κ2) is 3.00. The number of aliphatic hydroxyl groups is 2. The van der Waals surface area contributed by atoms with Crippen molar-refractivity contribution >= 4 is 0 Å². The minimum absolute atomic E-state index is 0.138. The van der Waals surface area contributed by atoms with E-state index in [-0.39, 0.29) is 6.42 Å². The van der Waals surface area contributed by atoms with Gasteiger partial charge in [0.2, 0.25) is 5.95 Å². The van der Waals surface area contributed by atoms with Crippen molar-refractivity contribution in [2.24, 2.45) is 0 Å². The smallest absolute Gasteiger partial charge is 0.216 e. The molecule has 76 valence electrons. The van der Waals surface area contributed by atoms with Gasteiger partial charge in [0.15, 0.2) is 0 Å². The van der Waals surface area contributed by atoms with Crippen molar-refractivity contribution in [3.63, 3.8) is 0 Å². The molecule has 1 heterocycles. The normalized spacial score (nSPS) is 30.4. The number of fused-ring (bicyclic) bond motifs is 1. The summed E-state index contributed by atoms with van der Waals surface area (Å²) < 4.78 is 13.2. The Morgan fingerprint density at radius 3 is 3.07 bits per heavy atom. The van der Waals surface area contributed by atoms with Crippen LogP contribution in [0, 0.1) is 5.95 Å². The van der Waals surface area contributed by atoms with Crippen LogP contribution in [0.3, 0.4) is 0 Å². The van der Waals surface area contributed by atoms with Crippen LogP contribution in [0.25, 0.3) is 0 Å². The molecule has 2 atom stereocenters. The first-order valence-corrected chi connectivity index (χ1v) is 4.64.